The summed E-state index contributed by atoms with van der Waals surface area (Å²) < 4.78 is 69.7. The smallest absolute Gasteiger partial charge is 0.422 e. The highest BCUT2D eigenvalue weighted by Gasteiger charge is 2.51. The lowest BCUT2D eigenvalue weighted by molar-refractivity contribution is -0.154. The Morgan fingerprint density at radius 3 is 2.15 bits per heavy atom. The van der Waals surface area contributed by atoms with E-state index in [1.807, 2.05) is 12.1 Å². The van der Waals surface area contributed by atoms with Crippen molar-refractivity contribution in [1.82, 2.24) is 25.0 Å². The van der Waals surface area contributed by atoms with Gasteiger partial charge < -0.3 is 20.7 Å². The monoisotopic (exact) mass is 681 g/mol. The molecule has 1 heterocycles. The summed E-state index contributed by atoms with van der Waals surface area (Å²) in [7, 11) is -3.80. The molecule has 5 rings (SSSR count). The first-order valence-electron chi connectivity index (χ1n) is 14.3. The molecule has 0 spiro atoms. The Kier molecular flexibility index (Phi) is 9.05. The molecule has 46 heavy (non-hydrogen) atoms. The molecule has 0 radical (unpaired) electrons. The number of carbonyl (C=O) groups is 2. The number of ether oxygens (including phenoxy) is 1. The Morgan fingerprint density at radius 1 is 0.957 bits per heavy atom. The number of halogens is 4. The molecule has 2 saturated carbocycles. The van der Waals surface area contributed by atoms with E-state index in [0.717, 1.165) is 18.4 Å². The van der Waals surface area contributed by atoms with Crippen LogP contribution in [-0.4, -0.2) is 59.8 Å². The average molecular weight is 682 g/mol. The molecular formula is C29H31ClF3N7O5S. The van der Waals surface area contributed by atoms with Crippen molar-refractivity contribution in [2.45, 2.75) is 56.5 Å². The fourth-order valence-electron chi connectivity index (χ4n) is 4.45. The molecule has 0 saturated heterocycles. The van der Waals surface area contributed by atoms with Gasteiger partial charge in [-0.05, 0) is 81.5 Å². The molecule has 2 aliphatic carbocycles. The SMILES string of the molecule is CC(C)S(=O)(=O)NC(=O)C1(CNC(=O)c2ccc(Nc3nc(NC4(c5ccc(Cl)cc5)CC4)nc(OCC(F)(F)F)n3)cc2)CC1. The van der Waals surface area contributed by atoms with Gasteiger partial charge in [0.2, 0.25) is 27.8 Å². The maximum Gasteiger partial charge on any atom is 0.422 e. The number of alkyl halides is 3. The molecule has 0 unspecified atom stereocenters. The van der Waals surface area contributed by atoms with E-state index in [4.69, 9.17) is 16.3 Å². The summed E-state index contributed by atoms with van der Waals surface area (Å²) in [6.45, 7) is 1.28. The summed E-state index contributed by atoms with van der Waals surface area (Å²) in [6, 6.07) is 12.7. The largest absolute Gasteiger partial charge is 0.454 e. The highest BCUT2D eigenvalue weighted by atomic mass is 35.5. The van der Waals surface area contributed by atoms with E-state index >= 15 is 0 Å². The van der Waals surface area contributed by atoms with E-state index in [1.54, 1.807) is 12.1 Å². The zero-order chi connectivity index (χ0) is 33.3. The summed E-state index contributed by atoms with van der Waals surface area (Å²) in [4.78, 5) is 37.7. The Bertz CT molecular complexity index is 1710. The van der Waals surface area contributed by atoms with Crippen LogP contribution in [0.1, 0.15) is 55.5 Å². The van der Waals surface area contributed by atoms with Crippen LogP contribution in [0.5, 0.6) is 6.01 Å². The van der Waals surface area contributed by atoms with Gasteiger partial charge in [0.15, 0.2) is 6.61 Å². The molecule has 4 N–H and O–H groups in total. The lowest BCUT2D eigenvalue weighted by atomic mass is 10.1. The molecule has 2 aliphatic rings. The lowest BCUT2D eigenvalue weighted by Crippen LogP contribution is -2.44. The minimum Gasteiger partial charge on any atom is -0.454 e. The van der Waals surface area contributed by atoms with Crippen LogP contribution in [0.4, 0.5) is 30.8 Å². The van der Waals surface area contributed by atoms with Crippen LogP contribution >= 0.6 is 11.6 Å². The highest BCUT2D eigenvalue weighted by Crippen LogP contribution is 2.48. The molecule has 1 aromatic heterocycles. The molecule has 17 heteroatoms. The van der Waals surface area contributed by atoms with Crippen molar-refractivity contribution in [2.24, 2.45) is 5.41 Å². The standard InChI is InChI=1S/C29H31ClF3N7O5S/c1-17(2)46(43,44)40-23(42)27(11-12-27)15-34-22(41)18-3-9-21(10-4-18)35-24-36-25(38-26(37-24)45-16-29(31,32)33)39-28(13-14-28)19-5-7-20(30)8-6-19/h3-10,17H,11-16H2,1-2H3,(H,34,41)(H,40,42)(H2,35,36,37,38,39). The third kappa shape index (κ3) is 8.15. The number of aromatic nitrogens is 3. The van der Waals surface area contributed by atoms with Crippen LogP contribution in [-0.2, 0) is 20.4 Å². The van der Waals surface area contributed by atoms with Gasteiger partial charge in [0, 0.05) is 22.8 Å². The highest BCUT2D eigenvalue weighted by molar-refractivity contribution is 7.90. The molecule has 2 fully saturated rings. The number of sulfonamides is 1. The van der Waals surface area contributed by atoms with Crippen LogP contribution in [0, 0.1) is 5.41 Å². The second-order valence-electron chi connectivity index (χ2n) is 11.6. The van der Waals surface area contributed by atoms with Crippen molar-refractivity contribution in [2.75, 3.05) is 23.8 Å². The van der Waals surface area contributed by atoms with Crippen molar-refractivity contribution in [1.29, 1.82) is 0 Å². The first-order valence-corrected chi connectivity index (χ1v) is 16.2. The van der Waals surface area contributed by atoms with E-state index < -0.39 is 56.8 Å². The first kappa shape index (κ1) is 33.2. The van der Waals surface area contributed by atoms with Gasteiger partial charge in [0.1, 0.15) is 0 Å². The predicted octanol–water partition coefficient (Wildman–Crippen LogP) is 4.68. The quantitative estimate of drug-likeness (QED) is 0.199. The van der Waals surface area contributed by atoms with Crippen molar-refractivity contribution in [3.8, 4) is 6.01 Å². The fourth-order valence-corrected chi connectivity index (χ4v) is 5.29. The number of nitrogens with zero attached hydrogens (tertiary/aromatic N) is 3. The zero-order valence-electron chi connectivity index (χ0n) is 24.7. The fraction of sp³-hybridized carbons (Fsp3) is 0.414. The third-order valence-electron chi connectivity index (χ3n) is 7.66. The summed E-state index contributed by atoms with van der Waals surface area (Å²) >= 11 is 6.01. The van der Waals surface area contributed by atoms with Crippen LogP contribution in [0.2, 0.25) is 5.02 Å². The summed E-state index contributed by atoms with van der Waals surface area (Å²) in [6.07, 6.45) is -2.27. The van der Waals surface area contributed by atoms with Crippen LogP contribution in [0.25, 0.3) is 0 Å². The van der Waals surface area contributed by atoms with Crippen molar-refractivity contribution in [3.63, 3.8) is 0 Å². The molecule has 0 atom stereocenters. The number of nitrogens with one attached hydrogen (secondary N) is 4. The molecular weight excluding hydrogens is 651 g/mol. The van der Waals surface area contributed by atoms with E-state index in [9.17, 15) is 31.2 Å². The number of hydrogen-bond donors (Lipinski definition) is 4. The van der Waals surface area contributed by atoms with Crippen molar-refractivity contribution >= 4 is 51.0 Å². The molecule has 12 nitrogen and oxygen atoms in total. The van der Waals surface area contributed by atoms with E-state index in [-0.39, 0.29) is 24.0 Å². The van der Waals surface area contributed by atoms with Gasteiger partial charge >= 0.3 is 12.2 Å². The van der Waals surface area contributed by atoms with Gasteiger partial charge in [-0.1, -0.05) is 23.7 Å². The van der Waals surface area contributed by atoms with Gasteiger partial charge in [0.05, 0.1) is 16.2 Å². The first-order chi connectivity index (χ1) is 21.6. The number of carbonyl (C=O) groups excluding carboxylic acids is 2. The number of benzene rings is 2. The van der Waals surface area contributed by atoms with Gasteiger partial charge in [-0.15, -0.1) is 0 Å². The Morgan fingerprint density at radius 2 is 1.59 bits per heavy atom. The second-order valence-corrected chi connectivity index (χ2v) is 14.2. The summed E-state index contributed by atoms with van der Waals surface area (Å²) in [5.74, 6) is -1.23. The topological polar surface area (TPSA) is 164 Å². The zero-order valence-corrected chi connectivity index (χ0v) is 26.3. The minimum absolute atomic E-state index is 0.00245. The van der Waals surface area contributed by atoms with E-state index in [0.29, 0.717) is 23.6 Å². The van der Waals surface area contributed by atoms with E-state index in [2.05, 4.69) is 35.6 Å². The van der Waals surface area contributed by atoms with Gasteiger partial charge in [-0.2, -0.15) is 28.1 Å². The van der Waals surface area contributed by atoms with Gasteiger partial charge in [-0.3, -0.25) is 14.3 Å². The van der Waals surface area contributed by atoms with Crippen LogP contribution in [0.15, 0.2) is 48.5 Å². The second kappa shape index (κ2) is 12.5. The number of rotatable bonds is 13. The molecule has 2 amide bonds. The lowest BCUT2D eigenvalue weighted by Gasteiger charge is -2.19. The summed E-state index contributed by atoms with van der Waals surface area (Å²) in [5.41, 5.74) is 0.0603. The maximum atomic E-state index is 12.9. The normalized spacial score (nSPS) is 16.3. The molecule has 2 aromatic carbocycles. The van der Waals surface area contributed by atoms with Gasteiger partial charge in [0.25, 0.3) is 5.91 Å². The predicted molar refractivity (Wildman–Crippen MR) is 163 cm³/mol. The average Bonchev–Trinajstić information content (AvgIpc) is 3.92. The number of amides is 2. The maximum absolute atomic E-state index is 12.9. The molecule has 0 aliphatic heterocycles. The Labute approximate surface area is 267 Å². The van der Waals surface area contributed by atoms with Crippen molar-refractivity contribution in [3.05, 3.63) is 64.7 Å². The van der Waals surface area contributed by atoms with E-state index in [1.165, 1.54) is 38.1 Å². The molecule has 3 aromatic rings. The Balaban J connectivity index is 1.25. The van der Waals surface area contributed by atoms with Gasteiger partial charge in [-0.25, -0.2) is 8.42 Å². The summed E-state index contributed by atoms with van der Waals surface area (Å²) in [5, 5.41) is 8.54. The Hall–Kier alpha value is -4.18. The number of hydrogen-bond acceptors (Lipinski definition) is 10. The number of anilines is 3. The van der Waals surface area contributed by atoms with Crippen LogP contribution < -0.4 is 25.4 Å². The van der Waals surface area contributed by atoms with Crippen LogP contribution in [0.3, 0.4) is 0 Å². The molecule has 246 valence electrons. The minimum atomic E-state index is -4.61. The molecule has 0 bridgehead atoms. The third-order valence-corrected chi connectivity index (χ3v) is 9.62. The van der Waals surface area contributed by atoms with Crippen molar-refractivity contribution < 1.29 is 35.9 Å².